The van der Waals surface area contributed by atoms with Crippen LogP contribution in [0.3, 0.4) is 0 Å². The lowest BCUT2D eigenvalue weighted by Gasteiger charge is -2.20. The zero-order chi connectivity index (χ0) is 15.5. The van der Waals surface area contributed by atoms with E-state index in [1.807, 2.05) is 18.2 Å². The van der Waals surface area contributed by atoms with Crippen LogP contribution in [0.25, 0.3) is 0 Å². The van der Waals surface area contributed by atoms with Crippen LogP contribution >= 0.6 is 0 Å². The van der Waals surface area contributed by atoms with Crippen molar-refractivity contribution in [1.82, 2.24) is 4.31 Å². The molecule has 1 saturated heterocycles. The van der Waals surface area contributed by atoms with Crippen LogP contribution in [-0.2, 0) is 14.8 Å². The Balaban J connectivity index is 2.14. The summed E-state index contributed by atoms with van der Waals surface area (Å²) in [6.07, 6.45) is 0.415. The molecule has 1 heterocycles. The van der Waals surface area contributed by atoms with Gasteiger partial charge in [0.2, 0.25) is 15.9 Å². The van der Waals surface area contributed by atoms with Gasteiger partial charge in [0, 0.05) is 6.42 Å². The zero-order valence-electron chi connectivity index (χ0n) is 11.9. The summed E-state index contributed by atoms with van der Waals surface area (Å²) >= 11 is 0. The minimum absolute atomic E-state index is 0.00877. The van der Waals surface area contributed by atoms with Crippen molar-refractivity contribution >= 4 is 15.9 Å². The van der Waals surface area contributed by atoms with Crippen molar-refractivity contribution in [3.8, 4) is 5.75 Å². The Labute approximate surface area is 124 Å². The summed E-state index contributed by atoms with van der Waals surface area (Å²) in [6, 6.07) is 8.30. The highest BCUT2D eigenvalue weighted by molar-refractivity contribution is 7.89. The fourth-order valence-corrected chi connectivity index (χ4v) is 4.21. The van der Waals surface area contributed by atoms with E-state index in [0.29, 0.717) is 12.2 Å². The highest BCUT2D eigenvalue weighted by Crippen LogP contribution is 2.25. The maximum atomic E-state index is 12.2. The van der Waals surface area contributed by atoms with Gasteiger partial charge in [0.15, 0.2) is 0 Å². The number of nitrogens with zero attached hydrogens (tertiary/aromatic N) is 1. The highest BCUT2D eigenvalue weighted by atomic mass is 32.2. The number of benzene rings is 1. The molecule has 1 fully saturated rings. The van der Waals surface area contributed by atoms with Gasteiger partial charge in [0.1, 0.15) is 17.9 Å². The van der Waals surface area contributed by atoms with E-state index < -0.39 is 22.0 Å². The van der Waals surface area contributed by atoms with Gasteiger partial charge in [-0.2, -0.15) is 4.31 Å². The van der Waals surface area contributed by atoms with E-state index in [-0.39, 0.29) is 24.8 Å². The number of carbonyl (C=O) groups is 1. The van der Waals surface area contributed by atoms with Gasteiger partial charge in [-0.3, -0.25) is 4.79 Å². The molecule has 0 spiro atoms. The third kappa shape index (κ3) is 3.74. The number of carbonyl (C=O) groups excluding carboxylic acids is 1. The van der Waals surface area contributed by atoms with Gasteiger partial charge in [-0.1, -0.05) is 25.1 Å². The molecule has 0 unspecified atom stereocenters. The lowest BCUT2D eigenvalue weighted by Crippen LogP contribution is -2.44. The third-order valence-electron chi connectivity index (χ3n) is 3.41. The smallest absolute Gasteiger partial charge is 0.236 e. The SMILES string of the molecule is CCCS(=O)(=O)N1C[C@@H](Oc2ccccc2)C[C@H]1C(N)=O. The van der Waals surface area contributed by atoms with Crippen LogP contribution in [0.1, 0.15) is 19.8 Å². The second kappa shape index (κ2) is 6.44. The van der Waals surface area contributed by atoms with Crippen molar-refractivity contribution in [2.75, 3.05) is 12.3 Å². The van der Waals surface area contributed by atoms with Crippen molar-refractivity contribution in [2.24, 2.45) is 5.73 Å². The quantitative estimate of drug-likeness (QED) is 0.838. The summed E-state index contributed by atoms with van der Waals surface area (Å²) in [4.78, 5) is 11.5. The molecule has 0 aliphatic carbocycles. The van der Waals surface area contributed by atoms with E-state index in [0.717, 1.165) is 0 Å². The number of ether oxygens (including phenoxy) is 1. The summed E-state index contributed by atoms with van der Waals surface area (Å²) in [7, 11) is -3.48. The van der Waals surface area contributed by atoms with Gasteiger partial charge in [0.25, 0.3) is 0 Å². The molecule has 21 heavy (non-hydrogen) atoms. The van der Waals surface area contributed by atoms with Crippen molar-refractivity contribution < 1.29 is 17.9 Å². The number of rotatable bonds is 6. The van der Waals surface area contributed by atoms with E-state index in [2.05, 4.69) is 0 Å². The molecule has 0 aromatic heterocycles. The number of sulfonamides is 1. The Morgan fingerprint density at radius 3 is 2.62 bits per heavy atom. The van der Waals surface area contributed by atoms with Crippen molar-refractivity contribution in [2.45, 2.75) is 31.9 Å². The van der Waals surface area contributed by atoms with Gasteiger partial charge in [-0.25, -0.2) is 8.42 Å². The van der Waals surface area contributed by atoms with Crippen LogP contribution in [0.4, 0.5) is 0 Å². The molecule has 2 N–H and O–H groups in total. The number of hydrogen-bond acceptors (Lipinski definition) is 4. The van der Waals surface area contributed by atoms with Gasteiger partial charge in [0.05, 0.1) is 12.3 Å². The van der Waals surface area contributed by atoms with Crippen LogP contribution in [0.5, 0.6) is 5.75 Å². The predicted octanol–water partition coefficient (Wildman–Crippen LogP) is 0.733. The zero-order valence-corrected chi connectivity index (χ0v) is 12.8. The van der Waals surface area contributed by atoms with E-state index in [1.165, 1.54) is 4.31 Å². The van der Waals surface area contributed by atoms with Crippen LogP contribution in [0, 0.1) is 0 Å². The molecule has 116 valence electrons. The number of primary amides is 1. The standard InChI is InChI=1S/C14H20N2O4S/c1-2-8-21(18,19)16-10-12(9-13(16)14(15)17)20-11-6-4-3-5-7-11/h3-7,12-13H,2,8-10H2,1H3,(H2,15,17)/t12-,13-/m0/s1. The molecule has 1 aromatic carbocycles. The molecular weight excluding hydrogens is 292 g/mol. The maximum absolute atomic E-state index is 12.2. The average molecular weight is 312 g/mol. The molecule has 0 saturated carbocycles. The Kier molecular flexibility index (Phi) is 4.84. The molecule has 1 aliphatic rings. The Morgan fingerprint density at radius 2 is 2.05 bits per heavy atom. The Bertz CT molecular complexity index is 588. The van der Waals surface area contributed by atoms with Gasteiger partial charge in [-0.05, 0) is 18.6 Å². The lowest BCUT2D eigenvalue weighted by atomic mass is 10.2. The fourth-order valence-electron chi connectivity index (χ4n) is 2.49. The van der Waals surface area contributed by atoms with Crippen LogP contribution < -0.4 is 10.5 Å². The molecular formula is C14H20N2O4S. The lowest BCUT2D eigenvalue weighted by molar-refractivity contribution is -0.121. The first-order valence-corrected chi connectivity index (χ1v) is 8.55. The summed E-state index contributed by atoms with van der Waals surface area (Å²) in [5.41, 5.74) is 5.34. The first-order valence-electron chi connectivity index (χ1n) is 6.94. The minimum atomic E-state index is -3.48. The second-order valence-corrected chi connectivity index (χ2v) is 7.13. The number of nitrogens with two attached hydrogens (primary N) is 1. The third-order valence-corrected chi connectivity index (χ3v) is 5.45. The monoisotopic (exact) mass is 312 g/mol. The molecule has 1 aliphatic heterocycles. The topological polar surface area (TPSA) is 89.7 Å². The Hall–Kier alpha value is -1.60. The van der Waals surface area contributed by atoms with Crippen molar-refractivity contribution in [3.63, 3.8) is 0 Å². The van der Waals surface area contributed by atoms with E-state index >= 15 is 0 Å². The minimum Gasteiger partial charge on any atom is -0.489 e. The molecule has 0 radical (unpaired) electrons. The average Bonchev–Trinajstić information content (AvgIpc) is 2.85. The number of hydrogen-bond donors (Lipinski definition) is 1. The summed E-state index contributed by atoms with van der Waals surface area (Å²) < 4.78 is 31.3. The molecule has 7 heteroatoms. The second-order valence-electron chi connectivity index (χ2n) is 5.09. The van der Waals surface area contributed by atoms with Crippen LogP contribution in [0.2, 0.25) is 0 Å². The number of amides is 1. The van der Waals surface area contributed by atoms with E-state index in [4.69, 9.17) is 10.5 Å². The number of para-hydroxylation sites is 1. The van der Waals surface area contributed by atoms with Crippen LogP contribution in [-0.4, -0.2) is 43.1 Å². The normalized spacial score (nSPS) is 23.1. The summed E-state index contributed by atoms with van der Waals surface area (Å²) in [5, 5.41) is 0. The fraction of sp³-hybridized carbons (Fsp3) is 0.500. The summed E-state index contributed by atoms with van der Waals surface area (Å²) in [6.45, 7) is 1.94. The Morgan fingerprint density at radius 1 is 1.38 bits per heavy atom. The summed E-state index contributed by atoms with van der Waals surface area (Å²) in [5.74, 6) is 0.0313. The van der Waals surface area contributed by atoms with E-state index in [1.54, 1.807) is 19.1 Å². The van der Waals surface area contributed by atoms with Gasteiger partial charge in [-0.15, -0.1) is 0 Å². The van der Waals surface area contributed by atoms with Gasteiger partial charge < -0.3 is 10.5 Å². The highest BCUT2D eigenvalue weighted by Gasteiger charge is 2.43. The van der Waals surface area contributed by atoms with Crippen LogP contribution in [0.15, 0.2) is 30.3 Å². The van der Waals surface area contributed by atoms with Crippen molar-refractivity contribution in [1.29, 1.82) is 0 Å². The predicted molar refractivity (Wildman–Crippen MR) is 79.2 cm³/mol. The maximum Gasteiger partial charge on any atom is 0.236 e. The van der Waals surface area contributed by atoms with Crippen molar-refractivity contribution in [3.05, 3.63) is 30.3 Å². The largest absolute Gasteiger partial charge is 0.489 e. The first kappa shape index (κ1) is 15.8. The molecule has 1 amide bonds. The van der Waals surface area contributed by atoms with Gasteiger partial charge >= 0.3 is 0 Å². The molecule has 2 rings (SSSR count). The first-order chi connectivity index (χ1) is 9.94. The molecule has 6 nitrogen and oxygen atoms in total. The van der Waals surface area contributed by atoms with E-state index in [9.17, 15) is 13.2 Å². The molecule has 2 atom stereocenters. The molecule has 0 bridgehead atoms. The molecule has 1 aromatic rings.